The largest absolute Gasteiger partial charge is 0.381 e. The van der Waals surface area contributed by atoms with Crippen LogP contribution in [0.1, 0.15) is 39.5 Å². The molecule has 0 spiro atoms. The van der Waals surface area contributed by atoms with Gasteiger partial charge in [0.25, 0.3) is 0 Å². The molecule has 0 aromatic carbocycles. The Morgan fingerprint density at radius 2 is 2.07 bits per heavy atom. The summed E-state index contributed by atoms with van der Waals surface area (Å²) < 4.78 is 5.44. The summed E-state index contributed by atoms with van der Waals surface area (Å²) in [5.74, 6) is 0. The van der Waals surface area contributed by atoms with Gasteiger partial charge in [0.05, 0.1) is 6.10 Å². The van der Waals surface area contributed by atoms with Gasteiger partial charge in [0.15, 0.2) is 0 Å². The molecule has 0 bridgehead atoms. The van der Waals surface area contributed by atoms with Crippen molar-refractivity contribution >= 4 is 0 Å². The molecular weight excluding hydrogens is 188 g/mol. The van der Waals surface area contributed by atoms with Gasteiger partial charge in [0.2, 0.25) is 0 Å². The molecule has 1 saturated heterocycles. The van der Waals surface area contributed by atoms with Crippen molar-refractivity contribution in [1.29, 1.82) is 0 Å². The van der Waals surface area contributed by atoms with Crippen molar-refractivity contribution in [1.82, 2.24) is 4.90 Å². The van der Waals surface area contributed by atoms with E-state index < -0.39 is 0 Å². The Hall–Kier alpha value is -0.120. The van der Waals surface area contributed by atoms with Crippen LogP contribution in [0.5, 0.6) is 0 Å². The Kier molecular flexibility index (Phi) is 5.58. The molecule has 15 heavy (non-hydrogen) atoms. The number of methoxy groups -OCH3 is 1. The Balaban J connectivity index is 2.56. The van der Waals surface area contributed by atoms with Crippen LogP contribution in [0.3, 0.4) is 0 Å². The lowest BCUT2D eigenvalue weighted by Crippen LogP contribution is -2.52. The summed E-state index contributed by atoms with van der Waals surface area (Å²) in [6, 6.07) is 1.23. The predicted molar refractivity (Wildman–Crippen MR) is 63.9 cm³/mol. The third-order valence-electron chi connectivity index (χ3n) is 3.73. The second-order valence-electron chi connectivity index (χ2n) is 4.48. The maximum atomic E-state index is 5.86. The van der Waals surface area contributed by atoms with E-state index in [0.717, 1.165) is 25.9 Å². The number of likely N-dealkylation sites (tertiary alicyclic amines) is 1. The number of rotatable bonds is 5. The average Bonchev–Trinajstić information content (AvgIpc) is 2.31. The first-order valence-electron chi connectivity index (χ1n) is 6.25. The van der Waals surface area contributed by atoms with Gasteiger partial charge < -0.3 is 10.5 Å². The first-order valence-corrected chi connectivity index (χ1v) is 6.25. The van der Waals surface area contributed by atoms with Crippen LogP contribution in [-0.2, 0) is 4.74 Å². The first-order chi connectivity index (χ1) is 7.26. The zero-order valence-electron chi connectivity index (χ0n) is 10.4. The highest BCUT2D eigenvalue weighted by molar-refractivity contribution is 4.86. The molecule has 3 heteroatoms. The van der Waals surface area contributed by atoms with E-state index in [9.17, 15) is 0 Å². The third kappa shape index (κ3) is 3.16. The highest BCUT2D eigenvalue weighted by Crippen LogP contribution is 2.23. The van der Waals surface area contributed by atoms with Gasteiger partial charge in [-0.05, 0) is 25.7 Å². The standard InChI is InChI=1S/C12H26N2O/c1-4-10(5-2)14-7-6-12(15-3)8-11(14)9-13/h10-12H,4-9,13H2,1-3H3. The maximum absolute atomic E-state index is 5.86. The molecule has 3 nitrogen and oxygen atoms in total. The zero-order chi connectivity index (χ0) is 11.3. The second-order valence-corrected chi connectivity index (χ2v) is 4.48. The smallest absolute Gasteiger partial charge is 0.0599 e. The normalized spacial score (nSPS) is 28.6. The molecule has 0 aliphatic carbocycles. The summed E-state index contributed by atoms with van der Waals surface area (Å²) in [6.45, 7) is 6.44. The van der Waals surface area contributed by atoms with Gasteiger partial charge >= 0.3 is 0 Å². The Morgan fingerprint density at radius 3 is 2.53 bits per heavy atom. The maximum Gasteiger partial charge on any atom is 0.0599 e. The molecule has 1 aliphatic heterocycles. The van der Waals surface area contributed by atoms with Gasteiger partial charge in [0, 0.05) is 32.3 Å². The Bertz CT molecular complexity index is 171. The Morgan fingerprint density at radius 1 is 1.40 bits per heavy atom. The monoisotopic (exact) mass is 214 g/mol. The van der Waals surface area contributed by atoms with Crippen LogP contribution in [0.25, 0.3) is 0 Å². The molecule has 0 amide bonds. The summed E-state index contributed by atoms with van der Waals surface area (Å²) in [6.07, 6.45) is 5.13. The van der Waals surface area contributed by atoms with E-state index in [2.05, 4.69) is 18.7 Å². The summed E-state index contributed by atoms with van der Waals surface area (Å²) in [5, 5.41) is 0. The third-order valence-corrected chi connectivity index (χ3v) is 3.73. The number of piperidine rings is 1. The molecule has 2 unspecified atom stereocenters. The number of hydrogen-bond acceptors (Lipinski definition) is 3. The summed E-state index contributed by atoms with van der Waals surface area (Å²) >= 11 is 0. The topological polar surface area (TPSA) is 38.5 Å². The molecule has 1 heterocycles. The lowest BCUT2D eigenvalue weighted by molar-refractivity contribution is -0.00558. The fourth-order valence-corrected chi connectivity index (χ4v) is 2.72. The van der Waals surface area contributed by atoms with Crippen LogP contribution >= 0.6 is 0 Å². The highest BCUT2D eigenvalue weighted by atomic mass is 16.5. The van der Waals surface area contributed by atoms with E-state index in [1.165, 1.54) is 12.8 Å². The summed E-state index contributed by atoms with van der Waals surface area (Å²) in [4.78, 5) is 2.59. The van der Waals surface area contributed by atoms with E-state index in [0.29, 0.717) is 18.2 Å². The number of ether oxygens (including phenoxy) is 1. The van der Waals surface area contributed by atoms with E-state index in [1.54, 1.807) is 0 Å². The molecular formula is C12H26N2O. The van der Waals surface area contributed by atoms with Gasteiger partial charge in [-0.15, -0.1) is 0 Å². The van der Waals surface area contributed by atoms with Gasteiger partial charge in [0.1, 0.15) is 0 Å². The van der Waals surface area contributed by atoms with Gasteiger partial charge in [-0.25, -0.2) is 0 Å². The highest BCUT2D eigenvalue weighted by Gasteiger charge is 2.30. The van der Waals surface area contributed by atoms with Crippen molar-refractivity contribution < 1.29 is 4.74 Å². The van der Waals surface area contributed by atoms with Crippen molar-refractivity contribution in [2.45, 2.75) is 57.7 Å². The minimum absolute atomic E-state index is 0.421. The predicted octanol–water partition coefficient (Wildman–Crippen LogP) is 1.61. The SMILES string of the molecule is CCC(CC)N1CCC(OC)CC1CN. The van der Waals surface area contributed by atoms with Gasteiger partial charge in [-0.1, -0.05) is 13.8 Å². The van der Waals surface area contributed by atoms with Crippen molar-refractivity contribution in [3.63, 3.8) is 0 Å². The fourth-order valence-electron chi connectivity index (χ4n) is 2.72. The molecule has 0 aromatic rings. The van der Waals surface area contributed by atoms with Crippen molar-refractivity contribution in [3.8, 4) is 0 Å². The molecule has 2 atom stereocenters. The van der Waals surface area contributed by atoms with E-state index >= 15 is 0 Å². The molecule has 1 fully saturated rings. The van der Waals surface area contributed by atoms with E-state index in [1.807, 2.05) is 7.11 Å². The van der Waals surface area contributed by atoms with Gasteiger partial charge in [-0.3, -0.25) is 4.90 Å². The fraction of sp³-hybridized carbons (Fsp3) is 1.00. The number of nitrogens with two attached hydrogens (primary N) is 1. The zero-order valence-corrected chi connectivity index (χ0v) is 10.4. The Labute approximate surface area is 94.0 Å². The second kappa shape index (κ2) is 6.46. The van der Waals surface area contributed by atoms with Crippen LogP contribution in [0.4, 0.5) is 0 Å². The molecule has 2 N–H and O–H groups in total. The van der Waals surface area contributed by atoms with E-state index in [4.69, 9.17) is 10.5 Å². The van der Waals surface area contributed by atoms with Crippen LogP contribution in [0.2, 0.25) is 0 Å². The summed E-state index contributed by atoms with van der Waals surface area (Å²) in [7, 11) is 1.81. The van der Waals surface area contributed by atoms with Gasteiger partial charge in [-0.2, -0.15) is 0 Å². The van der Waals surface area contributed by atoms with Crippen LogP contribution in [0.15, 0.2) is 0 Å². The van der Waals surface area contributed by atoms with Crippen LogP contribution in [0, 0.1) is 0 Å². The van der Waals surface area contributed by atoms with E-state index in [-0.39, 0.29) is 0 Å². The van der Waals surface area contributed by atoms with Crippen molar-refractivity contribution in [2.75, 3.05) is 20.2 Å². The molecule has 1 rings (SSSR count). The molecule has 0 radical (unpaired) electrons. The van der Waals surface area contributed by atoms with Crippen molar-refractivity contribution in [3.05, 3.63) is 0 Å². The number of hydrogen-bond donors (Lipinski definition) is 1. The molecule has 0 aromatic heterocycles. The average molecular weight is 214 g/mol. The molecule has 90 valence electrons. The lowest BCUT2D eigenvalue weighted by Gasteiger charge is -2.42. The molecule has 0 saturated carbocycles. The minimum Gasteiger partial charge on any atom is -0.381 e. The van der Waals surface area contributed by atoms with Crippen LogP contribution < -0.4 is 5.73 Å². The van der Waals surface area contributed by atoms with Crippen molar-refractivity contribution in [2.24, 2.45) is 5.73 Å². The first kappa shape index (κ1) is 12.9. The molecule has 1 aliphatic rings. The quantitative estimate of drug-likeness (QED) is 0.755. The minimum atomic E-state index is 0.421. The van der Waals surface area contributed by atoms with Crippen LogP contribution in [-0.4, -0.2) is 43.3 Å². The lowest BCUT2D eigenvalue weighted by atomic mass is 9.95. The number of nitrogens with zero attached hydrogens (tertiary/aromatic N) is 1. The summed E-state index contributed by atoms with van der Waals surface area (Å²) in [5.41, 5.74) is 5.86.